The predicted octanol–water partition coefficient (Wildman–Crippen LogP) is 3.04. The molecule has 2 nitrogen and oxygen atoms in total. The molecule has 0 aliphatic rings. The van der Waals surface area contributed by atoms with E-state index in [4.69, 9.17) is 10.8 Å². The minimum absolute atomic E-state index is 0. The van der Waals surface area contributed by atoms with Gasteiger partial charge in [0.1, 0.15) is 5.82 Å². The second-order valence-corrected chi connectivity index (χ2v) is 3.70. The lowest BCUT2D eigenvalue weighted by molar-refractivity contribution is -0.138. The molecule has 7 heteroatoms. The SMILES string of the molecule is Cl.N[C@@H](CCCO)c1ccc(F)cc1C(F)(F)F. The van der Waals surface area contributed by atoms with Crippen LogP contribution in [-0.2, 0) is 6.18 Å². The molecule has 0 aliphatic carbocycles. The van der Waals surface area contributed by atoms with Gasteiger partial charge in [-0.25, -0.2) is 4.39 Å². The number of nitrogens with two attached hydrogens (primary N) is 1. The van der Waals surface area contributed by atoms with Gasteiger partial charge in [-0.05, 0) is 30.5 Å². The van der Waals surface area contributed by atoms with Gasteiger partial charge in [0, 0.05) is 12.6 Å². The van der Waals surface area contributed by atoms with Crippen molar-refractivity contribution in [1.82, 2.24) is 0 Å². The first-order valence-electron chi connectivity index (χ1n) is 5.09. The third kappa shape index (κ3) is 4.44. The van der Waals surface area contributed by atoms with Gasteiger partial charge in [0.05, 0.1) is 5.56 Å². The normalized spacial score (nSPS) is 13.0. The Morgan fingerprint density at radius 1 is 1.28 bits per heavy atom. The fourth-order valence-corrected chi connectivity index (χ4v) is 1.56. The molecule has 0 radical (unpaired) electrons. The van der Waals surface area contributed by atoms with Crippen LogP contribution in [0, 0.1) is 5.82 Å². The van der Waals surface area contributed by atoms with Crippen molar-refractivity contribution in [2.75, 3.05) is 6.61 Å². The summed E-state index contributed by atoms with van der Waals surface area (Å²) in [5, 5.41) is 8.60. The molecule has 0 spiro atoms. The Morgan fingerprint density at radius 3 is 2.39 bits per heavy atom. The van der Waals surface area contributed by atoms with E-state index in [9.17, 15) is 17.6 Å². The summed E-state index contributed by atoms with van der Waals surface area (Å²) < 4.78 is 50.7. The highest BCUT2D eigenvalue weighted by atomic mass is 35.5. The number of benzene rings is 1. The van der Waals surface area contributed by atoms with Crippen molar-refractivity contribution in [3.63, 3.8) is 0 Å². The first kappa shape index (κ1) is 17.2. The average Bonchev–Trinajstić information content (AvgIpc) is 2.24. The summed E-state index contributed by atoms with van der Waals surface area (Å²) >= 11 is 0. The second-order valence-electron chi connectivity index (χ2n) is 3.70. The topological polar surface area (TPSA) is 46.2 Å². The summed E-state index contributed by atoms with van der Waals surface area (Å²) in [6.07, 6.45) is -4.12. The molecule has 0 saturated heterocycles. The van der Waals surface area contributed by atoms with Crippen LogP contribution >= 0.6 is 12.4 Å². The molecule has 0 fully saturated rings. The number of hydrogen-bond donors (Lipinski definition) is 2. The first-order chi connectivity index (χ1) is 7.86. The maximum atomic E-state index is 12.8. The highest BCUT2D eigenvalue weighted by Crippen LogP contribution is 2.35. The minimum Gasteiger partial charge on any atom is -0.396 e. The van der Waals surface area contributed by atoms with Crippen LogP contribution in [0.5, 0.6) is 0 Å². The van der Waals surface area contributed by atoms with E-state index in [1.165, 1.54) is 0 Å². The van der Waals surface area contributed by atoms with Gasteiger partial charge in [0.15, 0.2) is 0 Å². The van der Waals surface area contributed by atoms with E-state index in [1.807, 2.05) is 0 Å². The number of rotatable bonds is 4. The van der Waals surface area contributed by atoms with Crippen molar-refractivity contribution in [2.24, 2.45) is 5.73 Å². The van der Waals surface area contributed by atoms with Gasteiger partial charge in [-0.2, -0.15) is 13.2 Å². The third-order valence-electron chi connectivity index (χ3n) is 2.39. The zero-order chi connectivity index (χ0) is 13.1. The van der Waals surface area contributed by atoms with Crippen molar-refractivity contribution < 1.29 is 22.7 Å². The zero-order valence-electron chi connectivity index (χ0n) is 9.38. The third-order valence-corrected chi connectivity index (χ3v) is 2.39. The van der Waals surface area contributed by atoms with Crippen LogP contribution in [-0.4, -0.2) is 11.7 Å². The number of aliphatic hydroxyl groups excluding tert-OH is 1. The summed E-state index contributed by atoms with van der Waals surface area (Å²) in [6.45, 7) is -0.143. The van der Waals surface area contributed by atoms with Gasteiger partial charge in [0.25, 0.3) is 0 Å². The van der Waals surface area contributed by atoms with Crippen molar-refractivity contribution >= 4 is 12.4 Å². The largest absolute Gasteiger partial charge is 0.416 e. The number of aliphatic hydroxyl groups is 1. The van der Waals surface area contributed by atoms with Crippen LogP contribution in [0.25, 0.3) is 0 Å². The molecule has 1 rings (SSSR count). The van der Waals surface area contributed by atoms with Crippen LogP contribution in [0.1, 0.15) is 30.0 Å². The van der Waals surface area contributed by atoms with Gasteiger partial charge < -0.3 is 10.8 Å². The Kier molecular flexibility index (Phi) is 6.59. The highest BCUT2D eigenvalue weighted by Gasteiger charge is 2.34. The van der Waals surface area contributed by atoms with E-state index in [2.05, 4.69) is 0 Å². The van der Waals surface area contributed by atoms with Crippen molar-refractivity contribution in [2.45, 2.75) is 25.1 Å². The van der Waals surface area contributed by atoms with Gasteiger partial charge in [-0.15, -0.1) is 12.4 Å². The maximum absolute atomic E-state index is 12.8. The fourth-order valence-electron chi connectivity index (χ4n) is 1.56. The monoisotopic (exact) mass is 287 g/mol. The van der Waals surface area contributed by atoms with Crippen LogP contribution in [0.15, 0.2) is 18.2 Å². The van der Waals surface area contributed by atoms with Gasteiger partial charge >= 0.3 is 6.18 Å². The van der Waals surface area contributed by atoms with E-state index in [1.54, 1.807) is 0 Å². The standard InChI is InChI=1S/C11H13F4NO.ClH/c12-7-3-4-8(10(16)2-1-5-17)9(6-7)11(13,14)15;/h3-4,6,10,17H,1-2,5,16H2;1H/t10-;/m0./s1. The molecule has 0 heterocycles. The Bertz CT molecular complexity index is 384. The molecular formula is C11H14ClF4NO. The predicted molar refractivity (Wildman–Crippen MR) is 61.9 cm³/mol. The Balaban J connectivity index is 0.00000289. The van der Waals surface area contributed by atoms with E-state index in [0.717, 1.165) is 12.1 Å². The number of alkyl halides is 3. The van der Waals surface area contributed by atoms with E-state index in [0.29, 0.717) is 12.5 Å². The van der Waals surface area contributed by atoms with E-state index >= 15 is 0 Å². The average molecular weight is 288 g/mol. The fraction of sp³-hybridized carbons (Fsp3) is 0.455. The van der Waals surface area contributed by atoms with Crippen LogP contribution in [0.3, 0.4) is 0 Å². The van der Waals surface area contributed by atoms with Crippen LogP contribution in [0.2, 0.25) is 0 Å². The number of halogens is 5. The molecule has 0 aromatic heterocycles. The molecule has 0 unspecified atom stereocenters. The van der Waals surface area contributed by atoms with E-state index < -0.39 is 23.6 Å². The quantitative estimate of drug-likeness (QED) is 0.836. The Hall–Kier alpha value is -0.850. The molecule has 0 amide bonds. The minimum atomic E-state index is -4.63. The van der Waals surface area contributed by atoms with Gasteiger partial charge in [-0.1, -0.05) is 6.07 Å². The highest BCUT2D eigenvalue weighted by molar-refractivity contribution is 5.85. The summed E-state index contributed by atoms with van der Waals surface area (Å²) in [6, 6.07) is 1.57. The Morgan fingerprint density at radius 2 is 1.89 bits per heavy atom. The molecule has 1 atom stereocenters. The molecule has 0 saturated carbocycles. The van der Waals surface area contributed by atoms with Gasteiger partial charge in [0.2, 0.25) is 0 Å². The molecular weight excluding hydrogens is 274 g/mol. The maximum Gasteiger partial charge on any atom is 0.416 e. The first-order valence-corrected chi connectivity index (χ1v) is 5.09. The Labute approximate surface area is 108 Å². The summed E-state index contributed by atoms with van der Waals surface area (Å²) in [4.78, 5) is 0. The summed E-state index contributed by atoms with van der Waals surface area (Å²) in [5.74, 6) is -0.949. The van der Waals surface area contributed by atoms with Crippen LogP contribution in [0.4, 0.5) is 17.6 Å². The van der Waals surface area contributed by atoms with Crippen molar-refractivity contribution in [3.8, 4) is 0 Å². The second kappa shape index (κ2) is 6.92. The lowest BCUT2D eigenvalue weighted by atomic mass is 9.97. The molecule has 1 aromatic rings. The summed E-state index contributed by atoms with van der Waals surface area (Å²) in [7, 11) is 0. The zero-order valence-corrected chi connectivity index (χ0v) is 10.2. The molecule has 1 aromatic carbocycles. The molecule has 0 aliphatic heterocycles. The molecule has 104 valence electrons. The smallest absolute Gasteiger partial charge is 0.396 e. The number of hydrogen-bond acceptors (Lipinski definition) is 2. The van der Waals surface area contributed by atoms with Crippen LogP contribution < -0.4 is 5.73 Å². The lowest BCUT2D eigenvalue weighted by Crippen LogP contribution is -2.18. The lowest BCUT2D eigenvalue weighted by Gasteiger charge is -2.18. The molecule has 3 N–H and O–H groups in total. The van der Waals surface area contributed by atoms with E-state index in [-0.39, 0.29) is 31.0 Å². The van der Waals surface area contributed by atoms with Gasteiger partial charge in [-0.3, -0.25) is 0 Å². The summed E-state index contributed by atoms with van der Waals surface area (Å²) in [5.41, 5.74) is 4.40. The molecule has 0 bridgehead atoms. The van der Waals surface area contributed by atoms with Crippen molar-refractivity contribution in [3.05, 3.63) is 35.1 Å². The molecule has 18 heavy (non-hydrogen) atoms. The van der Waals surface area contributed by atoms with Crippen molar-refractivity contribution in [1.29, 1.82) is 0 Å².